The number of rotatable bonds is 3. The second-order valence-electron chi connectivity index (χ2n) is 7.58. The van der Waals surface area contributed by atoms with Crippen molar-refractivity contribution >= 4 is 0 Å². The predicted molar refractivity (Wildman–Crippen MR) is 108 cm³/mol. The Hall–Kier alpha value is -3.26. The highest BCUT2D eigenvalue weighted by molar-refractivity contribution is 5.53. The summed E-state index contributed by atoms with van der Waals surface area (Å²) in [5, 5.41) is 4.75. The molecule has 4 N–H and O–H groups in total. The van der Waals surface area contributed by atoms with Crippen molar-refractivity contribution in [2.75, 3.05) is 13.2 Å². The molecule has 29 heavy (non-hydrogen) atoms. The van der Waals surface area contributed by atoms with Gasteiger partial charge in [0.1, 0.15) is 5.82 Å². The fourth-order valence-corrected chi connectivity index (χ4v) is 4.27. The largest absolute Gasteiger partial charge is 0.421 e. The van der Waals surface area contributed by atoms with Gasteiger partial charge in [-0.05, 0) is 31.0 Å². The van der Waals surface area contributed by atoms with E-state index < -0.39 is 0 Å². The summed E-state index contributed by atoms with van der Waals surface area (Å²) < 4.78 is 15.2. The minimum absolute atomic E-state index is 0.207. The Balaban J connectivity index is 1.61. The van der Waals surface area contributed by atoms with Crippen LogP contribution in [0, 0.1) is 6.92 Å². The third-order valence-corrected chi connectivity index (χ3v) is 5.80. The van der Waals surface area contributed by atoms with Gasteiger partial charge >= 0.3 is 0 Å². The number of aromatic nitrogens is 4. The lowest BCUT2D eigenvalue weighted by Crippen LogP contribution is -2.27. The van der Waals surface area contributed by atoms with Crippen LogP contribution in [0.25, 0.3) is 5.69 Å². The summed E-state index contributed by atoms with van der Waals surface area (Å²) >= 11 is 0. The SMILES string of the molecule is Cc1nccn1-c1ccc(C2C(N)=C(N)Oc3c2c(C2CCOC2)nn3C)cc1. The number of fused-ring (bicyclic) bond motifs is 1. The van der Waals surface area contributed by atoms with E-state index in [0.29, 0.717) is 18.2 Å². The minimum atomic E-state index is -0.207. The Morgan fingerprint density at radius 3 is 2.62 bits per heavy atom. The van der Waals surface area contributed by atoms with Crippen LogP contribution in [0.2, 0.25) is 0 Å². The van der Waals surface area contributed by atoms with Gasteiger partial charge in [-0.2, -0.15) is 5.10 Å². The van der Waals surface area contributed by atoms with Crippen LogP contribution in [0.3, 0.4) is 0 Å². The molecule has 0 saturated carbocycles. The van der Waals surface area contributed by atoms with Crippen molar-refractivity contribution < 1.29 is 9.47 Å². The zero-order valence-corrected chi connectivity index (χ0v) is 16.5. The predicted octanol–water partition coefficient (Wildman–Crippen LogP) is 2.03. The lowest BCUT2D eigenvalue weighted by atomic mass is 9.84. The number of benzene rings is 1. The summed E-state index contributed by atoms with van der Waals surface area (Å²) in [5.74, 6) is 1.84. The van der Waals surface area contributed by atoms with Crippen molar-refractivity contribution in [3.8, 4) is 11.6 Å². The lowest BCUT2D eigenvalue weighted by molar-refractivity contribution is 0.193. The van der Waals surface area contributed by atoms with E-state index in [1.54, 1.807) is 10.9 Å². The second kappa shape index (κ2) is 6.66. The van der Waals surface area contributed by atoms with Gasteiger partial charge in [-0.25, -0.2) is 9.67 Å². The summed E-state index contributed by atoms with van der Waals surface area (Å²) in [5.41, 5.74) is 17.2. The van der Waals surface area contributed by atoms with Crippen LogP contribution in [0.4, 0.5) is 0 Å². The Morgan fingerprint density at radius 2 is 1.97 bits per heavy atom. The molecule has 8 heteroatoms. The van der Waals surface area contributed by atoms with Crippen molar-refractivity contribution in [2.24, 2.45) is 18.5 Å². The van der Waals surface area contributed by atoms with Gasteiger partial charge < -0.3 is 25.5 Å². The monoisotopic (exact) mass is 392 g/mol. The van der Waals surface area contributed by atoms with Gasteiger partial charge in [0, 0.05) is 37.7 Å². The number of aryl methyl sites for hydroxylation is 2. The van der Waals surface area contributed by atoms with Gasteiger partial charge in [-0.15, -0.1) is 0 Å². The molecule has 0 aliphatic carbocycles. The summed E-state index contributed by atoms with van der Waals surface area (Å²) in [6, 6.07) is 8.29. The molecule has 1 saturated heterocycles. The topological polar surface area (TPSA) is 106 Å². The van der Waals surface area contributed by atoms with Crippen LogP contribution in [0.1, 0.15) is 40.9 Å². The average Bonchev–Trinajstić information content (AvgIpc) is 3.45. The van der Waals surface area contributed by atoms with E-state index in [0.717, 1.165) is 41.4 Å². The summed E-state index contributed by atoms with van der Waals surface area (Å²) in [6.07, 6.45) is 4.68. The van der Waals surface area contributed by atoms with Crippen LogP contribution < -0.4 is 16.2 Å². The van der Waals surface area contributed by atoms with E-state index in [-0.39, 0.29) is 17.7 Å². The first-order valence-electron chi connectivity index (χ1n) is 9.72. The first-order chi connectivity index (χ1) is 14.0. The van der Waals surface area contributed by atoms with E-state index in [1.807, 2.05) is 24.7 Å². The number of nitrogens with two attached hydrogens (primary N) is 2. The number of allylic oxidation sites excluding steroid dienone is 1. The number of hydrogen-bond donors (Lipinski definition) is 2. The fourth-order valence-electron chi connectivity index (χ4n) is 4.27. The molecule has 2 unspecified atom stereocenters. The number of nitrogens with zero attached hydrogens (tertiary/aromatic N) is 4. The van der Waals surface area contributed by atoms with Crippen molar-refractivity contribution in [2.45, 2.75) is 25.2 Å². The van der Waals surface area contributed by atoms with E-state index in [4.69, 9.17) is 26.0 Å². The van der Waals surface area contributed by atoms with Gasteiger partial charge in [-0.1, -0.05) is 12.1 Å². The van der Waals surface area contributed by atoms with Crippen LogP contribution in [0.15, 0.2) is 48.2 Å². The van der Waals surface area contributed by atoms with Crippen LogP contribution >= 0.6 is 0 Å². The first kappa shape index (κ1) is 17.8. The Labute approximate surface area is 168 Å². The average molecular weight is 392 g/mol. The molecule has 1 fully saturated rings. The molecule has 2 aromatic heterocycles. The van der Waals surface area contributed by atoms with E-state index in [9.17, 15) is 0 Å². The molecule has 8 nitrogen and oxygen atoms in total. The number of ether oxygens (including phenoxy) is 2. The highest BCUT2D eigenvalue weighted by Gasteiger charge is 2.37. The zero-order chi connectivity index (χ0) is 20.1. The molecule has 0 spiro atoms. The number of hydrogen-bond acceptors (Lipinski definition) is 6. The quantitative estimate of drug-likeness (QED) is 0.706. The van der Waals surface area contributed by atoms with E-state index in [2.05, 4.69) is 29.2 Å². The van der Waals surface area contributed by atoms with E-state index >= 15 is 0 Å². The van der Waals surface area contributed by atoms with Gasteiger partial charge in [0.05, 0.1) is 29.5 Å². The second-order valence-corrected chi connectivity index (χ2v) is 7.58. The third-order valence-electron chi connectivity index (χ3n) is 5.80. The molecule has 2 aliphatic heterocycles. The lowest BCUT2D eigenvalue weighted by Gasteiger charge is -2.26. The molecule has 3 aromatic rings. The Bertz CT molecular complexity index is 1090. The molecule has 1 aromatic carbocycles. The summed E-state index contributed by atoms with van der Waals surface area (Å²) in [6.45, 7) is 3.38. The summed E-state index contributed by atoms with van der Waals surface area (Å²) in [7, 11) is 1.87. The first-order valence-corrected chi connectivity index (χ1v) is 9.72. The molecule has 4 heterocycles. The van der Waals surface area contributed by atoms with Crippen LogP contribution in [-0.2, 0) is 11.8 Å². The molecule has 2 atom stereocenters. The third kappa shape index (κ3) is 2.79. The van der Waals surface area contributed by atoms with Crippen molar-refractivity contribution in [3.05, 3.63) is 70.9 Å². The summed E-state index contributed by atoms with van der Waals surface area (Å²) in [4.78, 5) is 4.30. The van der Waals surface area contributed by atoms with Gasteiger partial charge in [0.25, 0.3) is 0 Å². The highest BCUT2D eigenvalue weighted by atomic mass is 16.5. The van der Waals surface area contributed by atoms with Gasteiger partial charge in [0.15, 0.2) is 0 Å². The number of imidazole rings is 1. The Kier molecular flexibility index (Phi) is 4.09. The molecule has 5 rings (SSSR count). The maximum atomic E-state index is 6.45. The van der Waals surface area contributed by atoms with Crippen molar-refractivity contribution in [1.29, 1.82) is 0 Å². The maximum absolute atomic E-state index is 6.45. The van der Waals surface area contributed by atoms with Crippen molar-refractivity contribution in [3.63, 3.8) is 0 Å². The van der Waals surface area contributed by atoms with E-state index in [1.165, 1.54) is 0 Å². The normalized spacial score (nSPS) is 21.3. The molecular weight excluding hydrogens is 368 g/mol. The minimum Gasteiger partial charge on any atom is -0.421 e. The fraction of sp³-hybridized carbons (Fsp3) is 0.333. The smallest absolute Gasteiger partial charge is 0.224 e. The molecular formula is C21H24N6O2. The van der Waals surface area contributed by atoms with Gasteiger partial charge in [0.2, 0.25) is 11.8 Å². The molecule has 0 bridgehead atoms. The van der Waals surface area contributed by atoms with Crippen LogP contribution in [0.5, 0.6) is 5.88 Å². The Morgan fingerprint density at radius 1 is 1.17 bits per heavy atom. The zero-order valence-electron chi connectivity index (χ0n) is 16.5. The van der Waals surface area contributed by atoms with Crippen molar-refractivity contribution in [1.82, 2.24) is 19.3 Å². The van der Waals surface area contributed by atoms with Gasteiger partial charge in [-0.3, -0.25) is 0 Å². The maximum Gasteiger partial charge on any atom is 0.224 e. The standard InChI is InChI=1S/C21H24N6O2/c1-12-24-8-9-27(12)15-5-3-13(4-6-15)16-17-19(14-7-10-28-11-14)25-26(2)21(17)29-20(23)18(16)22/h3-6,8-9,14,16H,7,10-11,22-23H2,1-2H3. The molecule has 0 radical (unpaired) electrons. The van der Waals surface area contributed by atoms with Crippen LogP contribution in [-0.4, -0.2) is 32.5 Å². The molecule has 150 valence electrons. The highest BCUT2D eigenvalue weighted by Crippen LogP contribution is 2.45. The molecule has 0 amide bonds. The molecule has 2 aliphatic rings.